The van der Waals surface area contributed by atoms with Crippen molar-refractivity contribution in [1.29, 1.82) is 0 Å². The summed E-state index contributed by atoms with van der Waals surface area (Å²) in [5.74, 6) is 2.75. The van der Waals surface area contributed by atoms with Crippen molar-refractivity contribution in [2.45, 2.75) is 24.3 Å². The van der Waals surface area contributed by atoms with Gasteiger partial charge in [-0.3, -0.25) is 4.79 Å². The molecule has 0 aromatic heterocycles. The summed E-state index contributed by atoms with van der Waals surface area (Å²) in [7, 11) is 0. The van der Waals surface area contributed by atoms with Gasteiger partial charge in [0.1, 0.15) is 6.04 Å². The molecule has 1 unspecified atom stereocenters. The third-order valence-electron chi connectivity index (χ3n) is 2.40. The second-order valence-electron chi connectivity index (χ2n) is 3.92. The Morgan fingerprint density at radius 3 is 2.68 bits per heavy atom. The molecule has 1 aromatic carbocycles. The van der Waals surface area contributed by atoms with Crippen LogP contribution in [0.5, 0.6) is 0 Å². The van der Waals surface area contributed by atoms with Gasteiger partial charge in [-0.1, -0.05) is 18.2 Å². The molecule has 0 heterocycles. The summed E-state index contributed by atoms with van der Waals surface area (Å²) in [4.78, 5) is 12.6. The molecular weight excluding hydrogens is 278 g/mol. The minimum absolute atomic E-state index is 0.290. The number of carbonyl (C=O) groups is 1. The third-order valence-corrected chi connectivity index (χ3v) is 4.69. The molecule has 0 aliphatic heterocycles. The van der Waals surface area contributed by atoms with Crippen LogP contribution in [0.3, 0.4) is 0 Å². The van der Waals surface area contributed by atoms with Crippen molar-refractivity contribution in [3.8, 4) is 0 Å². The maximum Gasteiger partial charge on any atom is 0.322 e. The van der Waals surface area contributed by atoms with Gasteiger partial charge in [0.15, 0.2) is 0 Å². The number of carbonyl (C=O) groups excluding carboxylic acids is 1. The average molecular weight is 299 g/mol. The van der Waals surface area contributed by atoms with Gasteiger partial charge >= 0.3 is 5.97 Å². The molecule has 0 radical (unpaired) electrons. The van der Waals surface area contributed by atoms with E-state index in [1.807, 2.05) is 41.7 Å². The lowest BCUT2D eigenvalue weighted by Gasteiger charge is -2.09. The van der Waals surface area contributed by atoms with Crippen LogP contribution in [0.1, 0.15) is 13.3 Å². The predicted octanol–water partition coefficient (Wildman–Crippen LogP) is 2.79. The van der Waals surface area contributed by atoms with E-state index in [1.165, 1.54) is 4.90 Å². The molecule has 0 spiro atoms. The number of hydrogen-bond acceptors (Lipinski definition) is 5. The molecule has 0 bridgehead atoms. The van der Waals surface area contributed by atoms with E-state index in [0.717, 1.165) is 17.3 Å². The summed E-state index contributed by atoms with van der Waals surface area (Å²) in [5, 5.41) is 0. The molecule has 0 aliphatic carbocycles. The molecule has 3 nitrogen and oxygen atoms in total. The molecule has 0 saturated heterocycles. The summed E-state index contributed by atoms with van der Waals surface area (Å²) in [6.45, 7) is 2.19. The fourth-order valence-corrected chi connectivity index (χ4v) is 3.43. The van der Waals surface area contributed by atoms with E-state index in [0.29, 0.717) is 13.0 Å². The Bertz CT molecular complexity index is 360. The monoisotopic (exact) mass is 299 g/mol. The van der Waals surface area contributed by atoms with Gasteiger partial charge in [-0.15, -0.1) is 11.8 Å². The van der Waals surface area contributed by atoms with Gasteiger partial charge in [0.25, 0.3) is 0 Å². The highest BCUT2D eigenvalue weighted by Gasteiger charge is 2.13. The van der Waals surface area contributed by atoms with E-state index < -0.39 is 6.04 Å². The molecule has 0 amide bonds. The van der Waals surface area contributed by atoms with Gasteiger partial charge in [-0.25, -0.2) is 0 Å². The number of hydrogen-bond donors (Lipinski definition) is 1. The first-order valence-electron chi connectivity index (χ1n) is 6.42. The van der Waals surface area contributed by atoms with Crippen LogP contribution in [0.2, 0.25) is 0 Å². The Labute approximate surface area is 123 Å². The normalized spacial score (nSPS) is 12.1. The highest BCUT2D eigenvalue weighted by atomic mass is 32.2. The topological polar surface area (TPSA) is 52.3 Å². The van der Waals surface area contributed by atoms with Crippen molar-refractivity contribution in [3.63, 3.8) is 0 Å². The minimum Gasteiger partial charge on any atom is -0.465 e. The summed E-state index contributed by atoms with van der Waals surface area (Å²) in [5.41, 5.74) is 5.72. The molecule has 106 valence electrons. The largest absolute Gasteiger partial charge is 0.465 e. The number of benzene rings is 1. The van der Waals surface area contributed by atoms with Gasteiger partial charge in [-0.2, -0.15) is 11.8 Å². The molecule has 0 aliphatic rings. The Hall–Kier alpha value is -0.650. The lowest BCUT2D eigenvalue weighted by Crippen LogP contribution is -2.32. The first kappa shape index (κ1) is 16.4. The van der Waals surface area contributed by atoms with Gasteiger partial charge in [0.05, 0.1) is 6.61 Å². The van der Waals surface area contributed by atoms with E-state index in [1.54, 1.807) is 6.92 Å². The summed E-state index contributed by atoms with van der Waals surface area (Å²) in [6, 6.07) is 9.88. The van der Waals surface area contributed by atoms with Crippen LogP contribution in [0, 0.1) is 0 Å². The Morgan fingerprint density at radius 1 is 1.26 bits per heavy atom. The number of thioether (sulfide) groups is 2. The van der Waals surface area contributed by atoms with Gasteiger partial charge in [-0.05, 0) is 31.2 Å². The smallest absolute Gasteiger partial charge is 0.322 e. The lowest BCUT2D eigenvalue weighted by molar-refractivity contribution is -0.144. The first-order valence-corrected chi connectivity index (χ1v) is 8.56. The predicted molar refractivity (Wildman–Crippen MR) is 83.7 cm³/mol. The highest BCUT2D eigenvalue weighted by molar-refractivity contribution is 8.02. The van der Waals surface area contributed by atoms with Crippen LogP contribution < -0.4 is 5.73 Å². The van der Waals surface area contributed by atoms with E-state index in [9.17, 15) is 4.79 Å². The van der Waals surface area contributed by atoms with E-state index in [-0.39, 0.29) is 5.97 Å². The Kier molecular flexibility index (Phi) is 8.79. The zero-order chi connectivity index (χ0) is 13.9. The lowest BCUT2D eigenvalue weighted by atomic mass is 10.2. The zero-order valence-corrected chi connectivity index (χ0v) is 12.8. The fourth-order valence-electron chi connectivity index (χ4n) is 1.41. The van der Waals surface area contributed by atoms with Gasteiger partial charge < -0.3 is 10.5 Å². The van der Waals surface area contributed by atoms with Crippen molar-refractivity contribution in [1.82, 2.24) is 0 Å². The minimum atomic E-state index is -0.478. The van der Waals surface area contributed by atoms with Crippen molar-refractivity contribution in [3.05, 3.63) is 30.3 Å². The van der Waals surface area contributed by atoms with Crippen LogP contribution in [-0.2, 0) is 9.53 Å². The molecule has 0 saturated carbocycles. The molecule has 0 fully saturated rings. The average Bonchev–Trinajstić information content (AvgIpc) is 2.43. The second kappa shape index (κ2) is 10.2. The Balaban J connectivity index is 2.01. The molecule has 5 heteroatoms. The molecular formula is C14H21NO2S2. The fraction of sp³-hybridized carbons (Fsp3) is 0.500. The van der Waals surface area contributed by atoms with Crippen molar-refractivity contribution < 1.29 is 9.53 Å². The standard InChI is InChI=1S/C14H21NO2S2/c1-2-17-14(16)13(15)8-9-18-10-11-19-12-6-4-3-5-7-12/h3-7,13H,2,8-11,15H2,1H3. The molecule has 19 heavy (non-hydrogen) atoms. The van der Waals surface area contributed by atoms with Crippen molar-refractivity contribution >= 4 is 29.5 Å². The van der Waals surface area contributed by atoms with E-state index >= 15 is 0 Å². The maximum atomic E-state index is 11.3. The molecule has 2 N–H and O–H groups in total. The summed E-state index contributed by atoms with van der Waals surface area (Å²) >= 11 is 3.68. The maximum absolute atomic E-state index is 11.3. The molecule has 1 rings (SSSR count). The summed E-state index contributed by atoms with van der Waals surface area (Å²) < 4.78 is 4.86. The first-order chi connectivity index (χ1) is 9.24. The van der Waals surface area contributed by atoms with Crippen LogP contribution in [0.25, 0.3) is 0 Å². The quantitative estimate of drug-likeness (QED) is 0.432. The van der Waals surface area contributed by atoms with Gasteiger partial charge in [0.2, 0.25) is 0 Å². The third kappa shape index (κ3) is 7.50. The number of rotatable bonds is 9. The molecule has 1 aromatic rings. The van der Waals surface area contributed by atoms with E-state index in [2.05, 4.69) is 12.1 Å². The number of nitrogens with two attached hydrogens (primary N) is 1. The van der Waals surface area contributed by atoms with E-state index in [4.69, 9.17) is 10.5 Å². The van der Waals surface area contributed by atoms with Crippen molar-refractivity contribution in [2.75, 3.05) is 23.9 Å². The van der Waals surface area contributed by atoms with Crippen LogP contribution in [0.4, 0.5) is 0 Å². The van der Waals surface area contributed by atoms with Crippen molar-refractivity contribution in [2.24, 2.45) is 5.73 Å². The van der Waals surface area contributed by atoms with Gasteiger partial charge in [0, 0.05) is 16.4 Å². The highest BCUT2D eigenvalue weighted by Crippen LogP contribution is 2.18. The summed E-state index contributed by atoms with van der Waals surface area (Å²) in [6.07, 6.45) is 0.680. The molecule has 1 atom stereocenters. The van der Waals surface area contributed by atoms with Crippen LogP contribution >= 0.6 is 23.5 Å². The second-order valence-corrected chi connectivity index (χ2v) is 6.31. The SMILES string of the molecule is CCOC(=O)C(N)CCSCCSc1ccccc1. The Morgan fingerprint density at radius 2 is 2.00 bits per heavy atom. The van der Waals surface area contributed by atoms with Crippen LogP contribution in [-0.4, -0.2) is 35.9 Å². The number of ether oxygens (including phenoxy) is 1. The van der Waals surface area contributed by atoms with Crippen LogP contribution in [0.15, 0.2) is 35.2 Å². The number of esters is 1. The zero-order valence-electron chi connectivity index (χ0n) is 11.2.